The van der Waals surface area contributed by atoms with Crippen molar-refractivity contribution in [3.63, 3.8) is 0 Å². The lowest BCUT2D eigenvalue weighted by atomic mass is 10.1. The maximum Gasteiger partial charge on any atom is 0.340 e. The molecule has 0 N–H and O–H groups in total. The van der Waals surface area contributed by atoms with Crippen LogP contribution in [0.15, 0.2) is 54.6 Å². The van der Waals surface area contributed by atoms with Crippen LogP contribution in [0.25, 0.3) is 0 Å². The predicted molar refractivity (Wildman–Crippen MR) is 98.2 cm³/mol. The van der Waals surface area contributed by atoms with Gasteiger partial charge >= 0.3 is 5.97 Å². The van der Waals surface area contributed by atoms with Crippen LogP contribution in [0.2, 0.25) is 0 Å². The van der Waals surface area contributed by atoms with Crippen LogP contribution < -0.4 is 9.80 Å². The smallest absolute Gasteiger partial charge is 0.340 e. The molecule has 2 aromatic rings. The Balaban J connectivity index is 1.67. The molecule has 0 radical (unpaired) electrons. The first-order valence-electron chi connectivity index (χ1n) is 8.46. The Kier molecular flexibility index (Phi) is 5.31. The van der Waals surface area contributed by atoms with Crippen molar-refractivity contribution in [2.45, 2.75) is 12.8 Å². The molecule has 6 nitrogen and oxygen atoms in total. The molecule has 2 amide bonds. The van der Waals surface area contributed by atoms with Crippen LogP contribution in [0.4, 0.5) is 11.4 Å². The SMILES string of the molecule is CN(C(=O)COC(=O)c1ccccc1N1CCCC1=O)c1ccccc1. The Morgan fingerprint density at radius 1 is 1.08 bits per heavy atom. The van der Waals surface area contributed by atoms with Gasteiger partial charge in [-0.05, 0) is 30.7 Å². The van der Waals surface area contributed by atoms with Gasteiger partial charge in [-0.25, -0.2) is 4.79 Å². The van der Waals surface area contributed by atoms with Crippen LogP contribution in [-0.4, -0.2) is 38.0 Å². The third-order valence-corrected chi connectivity index (χ3v) is 4.33. The molecule has 1 aliphatic heterocycles. The van der Waals surface area contributed by atoms with Crippen molar-refractivity contribution in [2.24, 2.45) is 0 Å². The first-order valence-corrected chi connectivity index (χ1v) is 8.46. The predicted octanol–water partition coefficient (Wildman–Crippen LogP) is 2.63. The zero-order valence-corrected chi connectivity index (χ0v) is 14.6. The number of amides is 2. The van der Waals surface area contributed by atoms with E-state index in [1.807, 2.05) is 18.2 Å². The molecule has 0 atom stereocenters. The number of carbonyl (C=O) groups is 3. The number of likely N-dealkylation sites (N-methyl/N-ethyl adjacent to an activating group) is 1. The minimum atomic E-state index is -0.616. The van der Waals surface area contributed by atoms with Gasteiger partial charge in [-0.2, -0.15) is 0 Å². The number of ether oxygens (including phenoxy) is 1. The number of esters is 1. The lowest BCUT2D eigenvalue weighted by Crippen LogP contribution is -2.31. The maximum absolute atomic E-state index is 12.5. The van der Waals surface area contributed by atoms with Gasteiger partial charge in [0.2, 0.25) is 5.91 Å². The Morgan fingerprint density at radius 2 is 1.77 bits per heavy atom. The van der Waals surface area contributed by atoms with E-state index in [2.05, 4.69) is 0 Å². The van der Waals surface area contributed by atoms with Crippen molar-refractivity contribution in [1.82, 2.24) is 0 Å². The molecule has 0 unspecified atom stereocenters. The van der Waals surface area contributed by atoms with Crippen molar-refractivity contribution < 1.29 is 19.1 Å². The minimum Gasteiger partial charge on any atom is -0.452 e. The fourth-order valence-electron chi connectivity index (χ4n) is 2.88. The summed E-state index contributed by atoms with van der Waals surface area (Å²) in [6, 6.07) is 15.9. The summed E-state index contributed by atoms with van der Waals surface area (Å²) in [5, 5.41) is 0. The lowest BCUT2D eigenvalue weighted by molar-refractivity contribution is -0.121. The molecular weight excluding hydrogens is 332 g/mol. The molecule has 0 saturated carbocycles. The molecule has 0 bridgehead atoms. The highest BCUT2D eigenvalue weighted by molar-refractivity contribution is 6.04. The molecule has 6 heteroatoms. The van der Waals surface area contributed by atoms with Gasteiger partial charge in [0.05, 0.1) is 11.3 Å². The van der Waals surface area contributed by atoms with Crippen molar-refractivity contribution in [3.8, 4) is 0 Å². The van der Waals surface area contributed by atoms with E-state index in [1.165, 1.54) is 4.90 Å². The highest BCUT2D eigenvalue weighted by Gasteiger charge is 2.26. The number of hydrogen-bond acceptors (Lipinski definition) is 4. The molecule has 2 aromatic carbocycles. The minimum absolute atomic E-state index is 0.00913. The third-order valence-electron chi connectivity index (χ3n) is 4.33. The molecule has 26 heavy (non-hydrogen) atoms. The molecule has 0 aliphatic carbocycles. The number of anilines is 2. The summed E-state index contributed by atoms with van der Waals surface area (Å²) in [4.78, 5) is 39.7. The Bertz CT molecular complexity index is 820. The second kappa shape index (κ2) is 7.82. The van der Waals surface area contributed by atoms with E-state index in [1.54, 1.807) is 48.3 Å². The average Bonchev–Trinajstić information content (AvgIpc) is 3.11. The molecule has 3 rings (SSSR count). The van der Waals surface area contributed by atoms with Gasteiger partial charge in [-0.1, -0.05) is 30.3 Å². The van der Waals surface area contributed by atoms with Gasteiger partial charge in [0.15, 0.2) is 6.61 Å². The van der Waals surface area contributed by atoms with Crippen LogP contribution >= 0.6 is 0 Å². The normalized spacial score (nSPS) is 13.6. The van der Waals surface area contributed by atoms with E-state index < -0.39 is 5.97 Å². The van der Waals surface area contributed by atoms with Gasteiger partial charge < -0.3 is 14.5 Å². The largest absolute Gasteiger partial charge is 0.452 e. The number of carbonyl (C=O) groups excluding carboxylic acids is 3. The van der Waals surface area contributed by atoms with Gasteiger partial charge in [0.1, 0.15) is 0 Å². The van der Waals surface area contributed by atoms with Crippen molar-refractivity contribution in [3.05, 3.63) is 60.2 Å². The van der Waals surface area contributed by atoms with E-state index >= 15 is 0 Å². The first-order chi connectivity index (χ1) is 12.6. The topological polar surface area (TPSA) is 66.9 Å². The number of benzene rings is 2. The van der Waals surface area contributed by atoms with Crippen LogP contribution in [-0.2, 0) is 14.3 Å². The summed E-state index contributed by atoms with van der Waals surface area (Å²) in [6.45, 7) is 0.214. The fraction of sp³-hybridized carbons (Fsp3) is 0.250. The Labute approximate surface area is 152 Å². The molecule has 0 aromatic heterocycles. The van der Waals surface area contributed by atoms with Crippen molar-refractivity contribution >= 4 is 29.2 Å². The standard InChI is InChI=1S/C20H20N2O4/c1-21(15-8-3-2-4-9-15)19(24)14-26-20(25)16-10-5-6-11-17(16)22-13-7-12-18(22)23/h2-6,8-11H,7,12-14H2,1H3. The second-order valence-corrected chi connectivity index (χ2v) is 6.03. The summed E-state index contributed by atoms with van der Waals surface area (Å²) in [5.41, 5.74) is 1.54. The summed E-state index contributed by atoms with van der Waals surface area (Å²) >= 11 is 0. The summed E-state index contributed by atoms with van der Waals surface area (Å²) < 4.78 is 5.20. The molecule has 1 saturated heterocycles. The Morgan fingerprint density at radius 3 is 2.46 bits per heavy atom. The highest BCUT2D eigenvalue weighted by atomic mass is 16.5. The molecular formula is C20H20N2O4. The molecule has 1 aliphatic rings. The van der Waals surface area contributed by atoms with Crippen molar-refractivity contribution in [1.29, 1.82) is 0 Å². The van der Waals surface area contributed by atoms with Gasteiger partial charge in [0.25, 0.3) is 5.91 Å². The Hall–Kier alpha value is -3.15. The molecule has 0 spiro atoms. The quantitative estimate of drug-likeness (QED) is 0.776. The van der Waals surface area contributed by atoms with E-state index in [0.29, 0.717) is 18.7 Å². The van der Waals surface area contributed by atoms with E-state index in [9.17, 15) is 14.4 Å². The molecule has 1 heterocycles. The van der Waals surface area contributed by atoms with Crippen LogP contribution in [0.1, 0.15) is 23.2 Å². The zero-order chi connectivity index (χ0) is 18.5. The number of nitrogens with zero attached hydrogens (tertiary/aromatic N) is 2. The lowest BCUT2D eigenvalue weighted by Gasteiger charge is -2.20. The molecule has 134 valence electrons. The summed E-state index contributed by atoms with van der Waals surface area (Å²) in [6.07, 6.45) is 1.24. The van der Waals surface area contributed by atoms with E-state index in [-0.39, 0.29) is 24.0 Å². The monoisotopic (exact) mass is 352 g/mol. The van der Waals surface area contributed by atoms with E-state index in [0.717, 1.165) is 12.1 Å². The van der Waals surface area contributed by atoms with Gasteiger partial charge in [-0.3, -0.25) is 9.59 Å². The van der Waals surface area contributed by atoms with Crippen LogP contribution in [0, 0.1) is 0 Å². The van der Waals surface area contributed by atoms with Gasteiger partial charge in [-0.15, -0.1) is 0 Å². The zero-order valence-electron chi connectivity index (χ0n) is 14.6. The number of hydrogen-bond donors (Lipinski definition) is 0. The number of para-hydroxylation sites is 2. The van der Waals surface area contributed by atoms with Gasteiger partial charge in [0, 0.05) is 25.7 Å². The van der Waals surface area contributed by atoms with Crippen LogP contribution in [0.3, 0.4) is 0 Å². The summed E-state index contributed by atoms with van der Waals surface area (Å²) in [7, 11) is 1.63. The third kappa shape index (κ3) is 3.74. The molecule has 1 fully saturated rings. The maximum atomic E-state index is 12.5. The average molecular weight is 352 g/mol. The van der Waals surface area contributed by atoms with E-state index in [4.69, 9.17) is 4.74 Å². The number of rotatable bonds is 5. The highest BCUT2D eigenvalue weighted by Crippen LogP contribution is 2.26. The summed E-state index contributed by atoms with van der Waals surface area (Å²) in [5.74, 6) is -0.959. The first kappa shape index (κ1) is 17.7. The second-order valence-electron chi connectivity index (χ2n) is 6.03. The van der Waals surface area contributed by atoms with Crippen molar-refractivity contribution in [2.75, 3.05) is 30.0 Å². The fourth-order valence-corrected chi connectivity index (χ4v) is 2.88. The van der Waals surface area contributed by atoms with Crippen LogP contribution in [0.5, 0.6) is 0 Å².